The average Bonchev–Trinajstić information content (AvgIpc) is 1.84. The van der Waals surface area contributed by atoms with Gasteiger partial charge in [0.15, 0.2) is 0 Å². The predicted molar refractivity (Wildman–Crippen MR) is 57.3 cm³/mol. The summed E-state index contributed by atoms with van der Waals surface area (Å²) < 4.78 is 28.4. The van der Waals surface area contributed by atoms with E-state index in [2.05, 4.69) is 9.05 Å². The Bertz CT molecular complexity index is 209. The van der Waals surface area contributed by atoms with Crippen molar-refractivity contribution < 1.29 is 18.2 Å². The molecule has 0 heterocycles. The van der Waals surface area contributed by atoms with Crippen LogP contribution in [0.4, 0.5) is 0 Å². The van der Waals surface area contributed by atoms with E-state index in [1.54, 1.807) is 6.92 Å². The molecule has 4 nitrogen and oxygen atoms in total. The highest BCUT2D eigenvalue weighted by atomic mass is 35.9. The van der Waals surface area contributed by atoms with Crippen molar-refractivity contribution in [2.75, 3.05) is 13.7 Å². The summed E-state index contributed by atoms with van der Waals surface area (Å²) in [4.78, 5) is 0. The third kappa shape index (κ3) is 24.7. The standard InChI is InChI=1S/C2H5Cl2O2P.CH3Cl2O2P/c1-2-6-7(3,4)5;1-5-6(2,3)4/h2H2,1H3;1H3. The van der Waals surface area contributed by atoms with Crippen molar-refractivity contribution in [2.24, 2.45) is 0 Å². The van der Waals surface area contributed by atoms with Crippen molar-refractivity contribution in [3.63, 3.8) is 0 Å². The van der Waals surface area contributed by atoms with Crippen molar-refractivity contribution in [1.82, 2.24) is 0 Å². The van der Waals surface area contributed by atoms with Gasteiger partial charge in [0.2, 0.25) is 0 Å². The van der Waals surface area contributed by atoms with E-state index in [1.165, 1.54) is 7.11 Å². The predicted octanol–water partition coefficient (Wildman–Crippen LogP) is 4.83. The molecule has 13 heavy (non-hydrogen) atoms. The summed E-state index contributed by atoms with van der Waals surface area (Å²) in [6, 6.07) is 0. The Morgan fingerprint density at radius 2 is 1.38 bits per heavy atom. The minimum atomic E-state index is -3.22. The molecule has 0 unspecified atom stereocenters. The van der Waals surface area contributed by atoms with Gasteiger partial charge in [-0.25, -0.2) is 0 Å². The summed E-state index contributed by atoms with van der Waals surface area (Å²) >= 11 is 19.5. The zero-order valence-electron chi connectivity index (χ0n) is 6.75. The molecule has 0 bridgehead atoms. The van der Waals surface area contributed by atoms with E-state index in [-0.39, 0.29) is 6.61 Å². The van der Waals surface area contributed by atoms with Crippen molar-refractivity contribution >= 4 is 57.1 Å². The van der Waals surface area contributed by atoms with Gasteiger partial charge in [-0.3, -0.25) is 9.13 Å². The molecular formula is C3H8Cl4O4P2. The van der Waals surface area contributed by atoms with E-state index in [0.29, 0.717) is 0 Å². The molecule has 0 aliphatic rings. The highest BCUT2D eigenvalue weighted by Gasteiger charge is 2.11. The Hall–Kier alpha value is 1.54. The van der Waals surface area contributed by atoms with Crippen molar-refractivity contribution in [1.29, 1.82) is 0 Å². The number of rotatable bonds is 3. The monoisotopic (exact) mass is 310 g/mol. The Labute approximate surface area is 95.8 Å². The SMILES string of the molecule is CCOP(=O)(Cl)Cl.COP(=O)(Cl)Cl. The first-order chi connectivity index (χ1) is 5.62. The van der Waals surface area contributed by atoms with E-state index < -0.39 is 12.1 Å². The van der Waals surface area contributed by atoms with E-state index in [1.807, 2.05) is 0 Å². The minimum Gasteiger partial charge on any atom is -0.310 e. The van der Waals surface area contributed by atoms with Crippen molar-refractivity contribution in [3.05, 3.63) is 0 Å². The first-order valence-corrected chi connectivity index (χ1v) is 9.68. The van der Waals surface area contributed by atoms with Gasteiger partial charge in [-0.05, 0) is 51.9 Å². The summed E-state index contributed by atoms with van der Waals surface area (Å²) in [7, 11) is 1.18. The molecule has 0 aliphatic heterocycles. The lowest BCUT2D eigenvalue weighted by Crippen LogP contribution is -1.74. The van der Waals surface area contributed by atoms with Crippen LogP contribution >= 0.6 is 57.1 Å². The summed E-state index contributed by atoms with van der Waals surface area (Å²) in [5, 5.41) is 0. The molecule has 0 saturated carbocycles. The number of hydrogen-bond donors (Lipinski definition) is 0. The molecule has 82 valence electrons. The fourth-order valence-corrected chi connectivity index (χ4v) is 1.04. The van der Waals surface area contributed by atoms with Gasteiger partial charge in [0.25, 0.3) is 0 Å². The Kier molecular flexibility index (Phi) is 10.1. The minimum absolute atomic E-state index is 0.282. The molecule has 0 fully saturated rings. The lowest BCUT2D eigenvalue weighted by molar-refractivity contribution is 0.356. The molecule has 0 aromatic heterocycles. The van der Waals surface area contributed by atoms with Crippen LogP contribution in [0, 0.1) is 0 Å². The Morgan fingerprint density at radius 3 is 1.38 bits per heavy atom. The van der Waals surface area contributed by atoms with E-state index >= 15 is 0 Å². The molecule has 0 amide bonds. The van der Waals surface area contributed by atoms with Crippen molar-refractivity contribution in [2.45, 2.75) is 6.92 Å². The van der Waals surface area contributed by atoms with Crippen LogP contribution in [0.5, 0.6) is 0 Å². The second kappa shape index (κ2) is 7.78. The van der Waals surface area contributed by atoms with Crippen LogP contribution in [0.2, 0.25) is 0 Å². The van der Waals surface area contributed by atoms with Gasteiger partial charge in [0.1, 0.15) is 0 Å². The van der Waals surface area contributed by atoms with Crippen LogP contribution in [0.3, 0.4) is 0 Å². The van der Waals surface area contributed by atoms with Crippen LogP contribution in [0.15, 0.2) is 0 Å². The second-order valence-corrected chi connectivity index (χ2v) is 10.1. The first-order valence-electron chi connectivity index (χ1n) is 2.81. The molecule has 0 aromatic carbocycles. The van der Waals surface area contributed by atoms with Gasteiger partial charge in [-0.1, -0.05) is 0 Å². The molecule has 0 rings (SSSR count). The number of hydrogen-bond acceptors (Lipinski definition) is 4. The van der Waals surface area contributed by atoms with Crippen molar-refractivity contribution in [3.8, 4) is 0 Å². The quantitative estimate of drug-likeness (QED) is 0.701. The third-order valence-corrected chi connectivity index (χ3v) is 2.89. The largest absolute Gasteiger partial charge is 0.380 e. The molecule has 0 saturated heterocycles. The lowest BCUT2D eigenvalue weighted by atomic mass is 10.9. The second-order valence-electron chi connectivity index (χ2n) is 1.43. The molecule has 0 N–H and O–H groups in total. The fraction of sp³-hybridized carbons (Fsp3) is 1.00. The van der Waals surface area contributed by atoms with Crippen LogP contribution in [-0.4, -0.2) is 13.7 Å². The molecular weight excluding hydrogens is 304 g/mol. The maximum absolute atomic E-state index is 10.1. The third-order valence-electron chi connectivity index (χ3n) is 0.492. The van der Waals surface area contributed by atoms with E-state index in [4.69, 9.17) is 45.0 Å². The van der Waals surface area contributed by atoms with Crippen LogP contribution < -0.4 is 0 Å². The van der Waals surface area contributed by atoms with Gasteiger partial charge in [0, 0.05) is 7.11 Å². The molecule has 0 radical (unpaired) electrons. The van der Waals surface area contributed by atoms with Gasteiger partial charge < -0.3 is 9.05 Å². The maximum Gasteiger partial charge on any atom is 0.380 e. The highest BCUT2D eigenvalue weighted by Crippen LogP contribution is 2.57. The highest BCUT2D eigenvalue weighted by molar-refractivity contribution is 8.05. The van der Waals surface area contributed by atoms with Gasteiger partial charge in [0.05, 0.1) is 6.61 Å². The summed E-state index contributed by atoms with van der Waals surface area (Å²) in [6.07, 6.45) is -6.42. The molecule has 0 aromatic rings. The zero-order chi connectivity index (χ0) is 11.1. The van der Waals surface area contributed by atoms with Crippen LogP contribution in [-0.2, 0) is 18.2 Å². The summed E-state index contributed by atoms with van der Waals surface area (Å²) in [5.41, 5.74) is 0. The van der Waals surface area contributed by atoms with Gasteiger partial charge in [-0.2, -0.15) is 0 Å². The number of halogens is 4. The molecule has 0 atom stereocenters. The first kappa shape index (κ1) is 17.0. The van der Waals surface area contributed by atoms with Gasteiger partial charge in [-0.15, -0.1) is 0 Å². The molecule has 0 spiro atoms. The summed E-state index contributed by atoms with van der Waals surface area (Å²) in [5.74, 6) is 0. The lowest BCUT2D eigenvalue weighted by Gasteiger charge is -1.96. The smallest absolute Gasteiger partial charge is 0.310 e. The van der Waals surface area contributed by atoms with Gasteiger partial charge >= 0.3 is 12.1 Å². The molecule has 10 heteroatoms. The maximum atomic E-state index is 10.1. The molecule has 0 aliphatic carbocycles. The Morgan fingerprint density at radius 1 is 1.08 bits per heavy atom. The normalized spacial score (nSPS) is 11.8. The van der Waals surface area contributed by atoms with Crippen LogP contribution in [0.25, 0.3) is 0 Å². The zero-order valence-corrected chi connectivity index (χ0v) is 11.6. The fourth-order valence-electron chi connectivity index (χ4n) is 0.150. The van der Waals surface area contributed by atoms with E-state index in [9.17, 15) is 9.13 Å². The Balaban J connectivity index is 0. The van der Waals surface area contributed by atoms with E-state index in [0.717, 1.165) is 0 Å². The topological polar surface area (TPSA) is 52.6 Å². The van der Waals surface area contributed by atoms with Crippen LogP contribution in [0.1, 0.15) is 6.92 Å². The average molecular weight is 312 g/mol. The summed E-state index contributed by atoms with van der Waals surface area (Å²) in [6.45, 7) is 1.95.